The Bertz CT molecular complexity index is 1490. The van der Waals surface area contributed by atoms with E-state index in [0.717, 1.165) is 27.2 Å². The third-order valence-corrected chi connectivity index (χ3v) is 8.78. The molecule has 9 heteroatoms. The van der Waals surface area contributed by atoms with Gasteiger partial charge in [-0.3, -0.25) is 19.3 Å². The van der Waals surface area contributed by atoms with Gasteiger partial charge in [0.2, 0.25) is 11.8 Å². The SMILES string of the molecule is COc1ccc(Cl)cc1NC(=O)COC(=O)[C@H](CC(C)C)N1C(=O)[C@@H]2C3c4ccccc4C(c4ccccc43)[C@H]2C1=O. The molecule has 1 N–H and O–H groups in total. The molecule has 4 aliphatic rings. The van der Waals surface area contributed by atoms with Crippen molar-refractivity contribution in [1.29, 1.82) is 0 Å². The lowest BCUT2D eigenvalue weighted by Gasteiger charge is -2.45. The molecule has 0 saturated carbocycles. The summed E-state index contributed by atoms with van der Waals surface area (Å²) in [5.74, 6) is -3.51. The highest BCUT2D eigenvalue weighted by atomic mass is 35.5. The Morgan fingerprint density at radius 3 is 1.88 bits per heavy atom. The van der Waals surface area contributed by atoms with E-state index in [1.807, 2.05) is 62.4 Å². The van der Waals surface area contributed by atoms with Gasteiger partial charge < -0.3 is 14.8 Å². The number of imide groups is 1. The molecular formula is C33H31ClN2O6. The molecule has 3 aliphatic carbocycles. The summed E-state index contributed by atoms with van der Waals surface area (Å²) in [7, 11) is 1.46. The molecule has 216 valence electrons. The summed E-state index contributed by atoms with van der Waals surface area (Å²) in [6.45, 7) is 3.21. The molecule has 2 bridgehead atoms. The van der Waals surface area contributed by atoms with Crippen molar-refractivity contribution in [3.8, 4) is 5.75 Å². The number of nitrogens with zero attached hydrogens (tertiary/aromatic N) is 1. The molecule has 0 unspecified atom stereocenters. The van der Waals surface area contributed by atoms with Crippen LogP contribution in [0.25, 0.3) is 0 Å². The number of likely N-dealkylation sites (tertiary alicyclic amines) is 1. The number of amides is 3. The first-order valence-corrected chi connectivity index (χ1v) is 14.4. The fourth-order valence-corrected chi connectivity index (χ4v) is 7.13. The van der Waals surface area contributed by atoms with E-state index in [1.54, 1.807) is 12.1 Å². The zero-order chi connectivity index (χ0) is 29.7. The number of benzene rings is 3. The van der Waals surface area contributed by atoms with Gasteiger partial charge in [0.05, 0.1) is 24.6 Å². The number of anilines is 1. The highest BCUT2D eigenvalue weighted by Gasteiger charge is 2.63. The lowest BCUT2D eigenvalue weighted by molar-refractivity contribution is -0.160. The number of hydrogen-bond acceptors (Lipinski definition) is 6. The maximum Gasteiger partial charge on any atom is 0.329 e. The smallest absolute Gasteiger partial charge is 0.329 e. The molecule has 3 aromatic rings. The summed E-state index contributed by atoms with van der Waals surface area (Å²) in [4.78, 5) is 55.7. The monoisotopic (exact) mass is 586 g/mol. The second-order valence-electron chi connectivity index (χ2n) is 11.5. The lowest BCUT2D eigenvalue weighted by Crippen LogP contribution is -2.47. The molecule has 7 rings (SSSR count). The number of esters is 1. The number of nitrogens with one attached hydrogen (secondary N) is 1. The molecule has 0 radical (unpaired) electrons. The van der Waals surface area contributed by atoms with Crippen LogP contribution in [0.1, 0.15) is 54.4 Å². The van der Waals surface area contributed by atoms with Crippen LogP contribution in [0.2, 0.25) is 5.02 Å². The minimum Gasteiger partial charge on any atom is -0.495 e. The maximum absolute atomic E-state index is 14.2. The molecule has 1 saturated heterocycles. The van der Waals surface area contributed by atoms with Crippen LogP contribution in [0, 0.1) is 17.8 Å². The zero-order valence-electron chi connectivity index (χ0n) is 23.5. The van der Waals surface area contributed by atoms with Crippen molar-refractivity contribution in [2.45, 2.75) is 38.1 Å². The van der Waals surface area contributed by atoms with Crippen LogP contribution in [-0.4, -0.2) is 48.3 Å². The van der Waals surface area contributed by atoms with Crippen molar-refractivity contribution in [2.24, 2.45) is 17.8 Å². The van der Waals surface area contributed by atoms with Crippen LogP contribution in [0.3, 0.4) is 0 Å². The Morgan fingerprint density at radius 2 is 1.40 bits per heavy atom. The Kier molecular flexibility index (Phi) is 7.27. The highest BCUT2D eigenvalue weighted by Crippen LogP contribution is 2.61. The van der Waals surface area contributed by atoms with Gasteiger partial charge in [-0.05, 0) is 52.8 Å². The van der Waals surface area contributed by atoms with E-state index in [-0.39, 0.29) is 36.0 Å². The predicted octanol–water partition coefficient (Wildman–Crippen LogP) is 5.14. The van der Waals surface area contributed by atoms with E-state index < -0.39 is 36.4 Å². The second-order valence-corrected chi connectivity index (χ2v) is 11.9. The van der Waals surface area contributed by atoms with Gasteiger partial charge in [-0.1, -0.05) is 74.0 Å². The van der Waals surface area contributed by atoms with Crippen LogP contribution < -0.4 is 10.1 Å². The van der Waals surface area contributed by atoms with Gasteiger partial charge in [-0.25, -0.2) is 4.79 Å². The number of carbonyl (C=O) groups is 4. The van der Waals surface area contributed by atoms with Crippen molar-refractivity contribution >= 4 is 41.0 Å². The van der Waals surface area contributed by atoms with E-state index >= 15 is 0 Å². The molecule has 0 spiro atoms. The Hall–Kier alpha value is -4.17. The van der Waals surface area contributed by atoms with Crippen molar-refractivity contribution < 1.29 is 28.7 Å². The summed E-state index contributed by atoms with van der Waals surface area (Å²) in [6, 6.07) is 19.6. The first kappa shape index (κ1) is 28.0. The third-order valence-electron chi connectivity index (χ3n) is 8.54. The second kappa shape index (κ2) is 10.9. The standard InChI is InChI=1S/C33H31ClN2O6/c1-17(2)14-24(33(40)42-16-26(37)35-23-15-18(34)12-13-25(23)41-3)36-31(38)29-27-19-8-4-5-9-20(19)28(30(29)32(36)39)22-11-7-6-10-21(22)27/h4-13,15,17,24,27-30H,14,16H2,1-3H3,(H,35,37)/t24-,27?,28?,29+,30+/m0/s1. The first-order valence-electron chi connectivity index (χ1n) is 14.1. The lowest BCUT2D eigenvalue weighted by atomic mass is 9.55. The van der Waals surface area contributed by atoms with E-state index in [0.29, 0.717) is 16.5 Å². The van der Waals surface area contributed by atoms with Crippen molar-refractivity contribution in [2.75, 3.05) is 19.0 Å². The van der Waals surface area contributed by atoms with Crippen LogP contribution in [-0.2, 0) is 23.9 Å². The first-order chi connectivity index (χ1) is 20.2. The van der Waals surface area contributed by atoms with Gasteiger partial charge in [0.1, 0.15) is 11.8 Å². The summed E-state index contributed by atoms with van der Waals surface area (Å²) in [5, 5.41) is 3.03. The molecule has 3 aromatic carbocycles. The van der Waals surface area contributed by atoms with E-state index in [2.05, 4.69) is 5.32 Å². The van der Waals surface area contributed by atoms with Crippen molar-refractivity contribution in [3.05, 3.63) is 94.0 Å². The van der Waals surface area contributed by atoms with Gasteiger partial charge in [0, 0.05) is 16.9 Å². The average Bonchev–Trinajstić information content (AvgIpc) is 3.24. The van der Waals surface area contributed by atoms with Crippen molar-refractivity contribution in [1.82, 2.24) is 4.90 Å². The fraction of sp³-hybridized carbons (Fsp3) is 0.333. The Balaban J connectivity index is 1.26. The maximum atomic E-state index is 14.2. The molecule has 3 atom stereocenters. The number of halogens is 1. The topological polar surface area (TPSA) is 102 Å². The minimum absolute atomic E-state index is 0.0264. The van der Waals surface area contributed by atoms with Gasteiger partial charge >= 0.3 is 5.97 Å². The van der Waals surface area contributed by atoms with Gasteiger partial charge in [-0.15, -0.1) is 0 Å². The van der Waals surface area contributed by atoms with Gasteiger partial charge in [0.25, 0.3) is 5.91 Å². The van der Waals surface area contributed by atoms with E-state index in [9.17, 15) is 19.2 Å². The molecule has 42 heavy (non-hydrogen) atoms. The Labute approximate surface area is 248 Å². The van der Waals surface area contributed by atoms with E-state index in [4.69, 9.17) is 21.1 Å². The number of methoxy groups -OCH3 is 1. The number of carbonyl (C=O) groups excluding carboxylic acids is 4. The molecule has 1 heterocycles. The highest BCUT2D eigenvalue weighted by molar-refractivity contribution is 6.31. The average molecular weight is 587 g/mol. The van der Waals surface area contributed by atoms with E-state index in [1.165, 1.54) is 13.2 Å². The summed E-state index contributed by atoms with van der Waals surface area (Å²) >= 11 is 6.05. The van der Waals surface area contributed by atoms with Crippen LogP contribution in [0.5, 0.6) is 5.75 Å². The largest absolute Gasteiger partial charge is 0.495 e. The van der Waals surface area contributed by atoms with Crippen LogP contribution in [0.15, 0.2) is 66.7 Å². The normalized spacial score (nSPS) is 22.4. The molecule has 0 aromatic heterocycles. The van der Waals surface area contributed by atoms with Gasteiger partial charge in [0.15, 0.2) is 6.61 Å². The van der Waals surface area contributed by atoms with Crippen molar-refractivity contribution in [3.63, 3.8) is 0 Å². The molecule has 1 aliphatic heterocycles. The van der Waals surface area contributed by atoms with Crippen LogP contribution in [0.4, 0.5) is 5.69 Å². The zero-order valence-corrected chi connectivity index (χ0v) is 24.3. The molecule has 8 nitrogen and oxygen atoms in total. The third kappa shape index (κ3) is 4.54. The molecule has 1 fully saturated rings. The van der Waals surface area contributed by atoms with Crippen LogP contribution >= 0.6 is 11.6 Å². The summed E-state index contributed by atoms with van der Waals surface area (Å²) in [6.07, 6.45) is 0.217. The summed E-state index contributed by atoms with van der Waals surface area (Å²) in [5.41, 5.74) is 4.56. The summed E-state index contributed by atoms with van der Waals surface area (Å²) < 4.78 is 10.7. The number of rotatable bonds is 8. The number of ether oxygens (including phenoxy) is 2. The predicted molar refractivity (Wildman–Crippen MR) is 156 cm³/mol. The number of hydrogen-bond donors (Lipinski definition) is 1. The quantitative estimate of drug-likeness (QED) is 0.290. The fourth-order valence-electron chi connectivity index (χ4n) is 6.96. The minimum atomic E-state index is -1.14. The molecule has 3 amide bonds. The molecular weight excluding hydrogens is 556 g/mol. The van der Waals surface area contributed by atoms with Gasteiger partial charge in [-0.2, -0.15) is 0 Å². The Morgan fingerprint density at radius 1 is 0.881 bits per heavy atom.